The third-order valence-corrected chi connectivity index (χ3v) is 6.32. The van der Waals surface area contributed by atoms with E-state index in [2.05, 4.69) is 31.2 Å². The van der Waals surface area contributed by atoms with Gasteiger partial charge < -0.3 is 19.8 Å². The van der Waals surface area contributed by atoms with Crippen LogP contribution >= 0.6 is 11.6 Å². The Labute approximate surface area is 200 Å². The number of aliphatic hydroxyl groups is 1. The lowest BCUT2D eigenvalue weighted by Gasteiger charge is -2.29. The Morgan fingerprint density at radius 2 is 2.00 bits per heavy atom. The molecule has 3 rings (SSSR count). The van der Waals surface area contributed by atoms with Gasteiger partial charge in [-0.05, 0) is 41.5 Å². The smallest absolute Gasteiger partial charge is 0.243 e. The van der Waals surface area contributed by atoms with Gasteiger partial charge in [0.2, 0.25) is 11.8 Å². The second kappa shape index (κ2) is 9.85. The Kier molecular flexibility index (Phi) is 7.54. The molecule has 2 amide bonds. The van der Waals surface area contributed by atoms with Crippen molar-refractivity contribution in [3.05, 3.63) is 51.9 Å². The van der Waals surface area contributed by atoms with Crippen molar-refractivity contribution in [1.82, 2.24) is 15.4 Å². The van der Waals surface area contributed by atoms with E-state index in [1.807, 2.05) is 26.0 Å². The van der Waals surface area contributed by atoms with Crippen molar-refractivity contribution < 1.29 is 19.2 Å². The fourth-order valence-electron chi connectivity index (χ4n) is 4.45. The maximum absolute atomic E-state index is 13.5. The Bertz CT molecular complexity index is 1010. The molecular weight excluding hydrogens is 442 g/mol. The number of aliphatic hydroxyl groups excluding tert-OH is 1. The van der Waals surface area contributed by atoms with Crippen molar-refractivity contribution >= 4 is 23.4 Å². The second-order valence-corrected chi connectivity index (χ2v) is 10.7. The van der Waals surface area contributed by atoms with E-state index in [-0.39, 0.29) is 36.1 Å². The quantitative estimate of drug-likeness (QED) is 0.659. The number of nitrogens with one attached hydrogen (secondary N) is 1. The zero-order chi connectivity index (χ0) is 24.5. The Hall–Kier alpha value is -2.38. The summed E-state index contributed by atoms with van der Waals surface area (Å²) in [5.41, 5.74) is 2.57. The van der Waals surface area contributed by atoms with E-state index in [1.54, 1.807) is 19.1 Å². The number of nitrogens with zero attached hydrogens (tertiary/aromatic N) is 2. The summed E-state index contributed by atoms with van der Waals surface area (Å²) >= 11 is 6.19. The third kappa shape index (κ3) is 5.76. The molecule has 0 radical (unpaired) electrons. The van der Waals surface area contributed by atoms with Crippen molar-refractivity contribution in [3.63, 3.8) is 0 Å². The SMILES string of the molecule is Cc1cc([C@H](C(=O)N2C[C@H](O)C[C@H]2C(=O)NCc2ccc(Cl)cc2C(C)(C)C)C(C)C)on1. The average Bonchev–Trinajstić information content (AvgIpc) is 3.31. The normalized spacial score (nSPS) is 19.7. The lowest BCUT2D eigenvalue weighted by molar-refractivity contribution is -0.141. The monoisotopic (exact) mass is 475 g/mol. The van der Waals surface area contributed by atoms with Crippen LogP contribution in [0.4, 0.5) is 0 Å². The van der Waals surface area contributed by atoms with Crippen molar-refractivity contribution in [2.45, 2.75) is 78.0 Å². The van der Waals surface area contributed by atoms with Gasteiger partial charge in [0.05, 0.1) is 11.8 Å². The van der Waals surface area contributed by atoms with Crippen LogP contribution in [-0.2, 0) is 21.5 Å². The Morgan fingerprint density at radius 3 is 2.58 bits per heavy atom. The summed E-state index contributed by atoms with van der Waals surface area (Å²) in [6.07, 6.45) is -0.556. The van der Waals surface area contributed by atoms with Crippen molar-refractivity contribution in [1.29, 1.82) is 0 Å². The van der Waals surface area contributed by atoms with Crippen LogP contribution in [0.2, 0.25) is 5.02 Å². The van der Waals surface area contributed by atoms with Crippen LogP contribution in [0.5, 0.6) is 0 Å². The van der Waals surface area contributed by atoms with E-state index in [9.17, 15) is 14.7 Å². The highest BCUT2D eigenvalue weighted by Crippen LogP contribution is 2.32. The molecule has 1 aromatic heterocycles. The van der Waals surface area contributed by atoms with Gasteiger partial charge >= 0.3 is 0 Å². The molecule has 2 heterocycles. The molecule has 1 saturated heterocycles. The number of β-amino-alcohol motifs (C(OH)–C–C–N with tert-alkyl or cyclic N) is 1. The first-order valence-corrected chi connectivity index (χ1v) is 11.7. The number of benzene rings is 1. The number of hydrogen-bond acceptors (Lipinski definition) is 5. The standard InChI is InChI=1S/C25H34ClN3O4/c1-14(2)22(21-9-15(3)28-33-21)24(32)29-13-18(30)11-20(29)23(31)27-12-16-7-8-17(26)10-19(16)25(4,5)6/h7-10,14,18,20,22,30H,11-13H2,1-6H3,(H,27,31)/t18-,20+,22-/m1/s1. The van der Waals surface area contributed by atoms with Crippen LogP contribution in [0.15, 0.2) is 28.8 Å². The third-order valence-electron chi connectivity index (χ3n) is 6.08. The molecule has 180 valence electrons. The minimum Gasteiger partial charge on any atom is -0.391 e. The number of halogens is 1. The summed E-state index contributed by atoms with van der Waals surface area (Å²) < 4.78 is 5.38. The van der Waals surface area contributed by atoms with Crippen LogP contribution in [0.3, 0.4) is 0 Å². The van der Waals surface area contributed by atoms with E-state index in [4.69, 9.17) is 16.1 Å². The first-order valence-electron chi connectivity index (χ1n) is 11.4. The van der Waals surface area contributed by atoms with Crippen LogP contribution in [0.25, 0.3) is 0 Å². The molecule has 7 nitrogen and oxygen atoms in total. The predicted molar refractivity (Wildman–Crippen MR) is 127 cm³/mol. The first kappa shape index (κ1) is 25.2. The van der Waals surface area contributed by atoms with Gasteiger partial charge in [-0.25, -0.2) is 0 Å². The first-order chi connectivity index (χ1) is 15.4. The molecule has 1 fully saturated rings. The molecule has 1 aromatic carbocycles. The van der Waals surface area contributed by atoms with Gasteiger partial charge in [0.15, 0.2) is 0 Å². The highest BCUT2D eigenvalue weighted by atomic mass is 35.5. The van der Waals surface area contributed by atoms with Gasteiger partial charge in [-0.3, -0.25) is 9.59 Å². The van der Waals surface area contributed by atoms with E-state index < -0.39 is 18.1 Å². The number of hydrogen-bond donors (Lipinski definition) is 2. The molecular formula is C25H34ClN3O4. The molecule has 8 heteroatoms. The van der Waals surface area contributed by atoms with E-state index in [0.717, 1.165) is 11.1 Å². The number of carbonyl (C=O) groups excluding carboxylic acids is 2. The van der Waals surface area contributed by atoms with Gasteiger partial charge in [0.25, 0.3) is 0 Å². The Balaban J connectivity index is 1.78. The Morgan fingerprint density at radius 1 is 1.30 bits per heavy atom. The highest BCUT2D eigenvalue weighted by molar-refractivity contribution is 6.30. The zero-order valence-electron chi connectivity index (χ0n) is 20.2. The van der Waals surface area contributed by atoms with Gasteiger partial charge in [0, 0.05) is 30.6 Å². The van der Waals surface area contributed by atoms with Crippen LogP contribution in [0.1, 0.15) is 69.5 Å². The summed E-state index contributed by atoms with van der Waals surface area (Å²) in [5, 5.41) is 17.8. The van der Waals surface area contributed by atoms with Crippen molar-refractivity contribution in [2.75, 3.05) is 6.54 Å². The number of carbonyl (C=O) groups is 2. The number of amides is 2. The highest BCUT2D eigenvalue weighted by Gasteiger charge is 2.43. The molecule has 1 aliphatic heterocycles. The molecule has 0 aliphatic carbocycles. The zero-order valence-corrected chi connectivity index (χ0v) is 20.9. The molecule has 2 aromatic rings. The number of aryl methyl sites for hydroxylation is 1. The molecule has 2 N–H and O–H groups in total. The van der Waals surface area contributed by atoms with Gasteiger partial charge in [-0.2, -0.15) is 0 Å². The summed E-state index contributed by atoms with van der Waals surface area (Å²) in [6.45, 7) is 12.4. The predicted octanol–water partition coefficient (Wildman–Crippen LogP) is 3.95. The summed E-state index contributed by atoms with van der Waals surface area (Å²) in [4.78, 5) is 28.1. The van der Waals surface area contributed by atoms with Crippen LogP contribution in [0, 0.1) is 12.8 Å². The summed E-state index contributed by atoms with van der Waals surface area (Å²) in [5.74, 6) is -0.681. The summed E-state index contributed by atoms with van der Waals surface area (Å²) in [6, 6.07) is 6.64. The lowest BCUT2D eigenvalue weighted by Crippen LogP contribution is -2.48. The number of rotatable bonds is 6. The molecule has 0 saturated carbocycles. The van der Waals surface area contributed by atoms with Gasteiger partial charge in [-0.1, -0.05) is 57.4 Å². The maximum atomic E-state index is 13.5. The van der Waals surface area contributed by atoms with Crippen LogP contribution < -0.4 is 5.32 Å². The number of aromatic nitrogens is 1. The fraction of sp³-hybridized carbons (Fsp3) is 0.560. The minimum atomic E-state index is -0.755. The molecule has 0 spiro atoms. The maximum Gasteiger partial charge on any atom is 0.243 e. The molecule has 33 heavy (non-hydrogen) atoms. The molecule has 0 bridgehead atoms. The van der Waals surface area contributed by atoms with Crippen LogP contribution in [-0.4, -0.2) is 45.7 Å². The number of likely N-dealkylation sites (tertiary alicyclic amines) is 1. The minimum absolute atomic E-state index is 0.0604. The van der Waals surface area contributed by atoms with E-state index in [1.165, 1.54) is 4.90 Å². The van der Waals surface area contributed by atoms with Gasteiger partial charge in [-0.15, -0.1) is 0 Å². The van der Waals surface area contributed by atoms with E-state index in [0.29, 0.717) is 23.0 Å². The molecule has 3 atom stereocenters. The second-order valence-electron chi connectivity index (χ2n) is 10.3. The van der Waals surface area contributed by atoms with E-state index >= 15 is 0 Å². The lowest BCUT2D eigenvalue weighted by atomic mass is 9.84. The fourth-order valence-corrected chi connectivity index (χ4v) is 4.62. The van der Waals surface area contributed by atoms with Crippen molar-refractivity contribution in [3.8, 4) is 0 Å². The largest absolute Gasteiger partial charge is 0.391 e. The topological polar surface area (TPSA) is 95.7 Å². The van der Waals surface area contributed by atoms with Crippen molar-refractivity contribution in [2.24, 2.45) is 5.92 Å². The molecule has 0 unspecified atom stereocenters. The molecule has 1 aliphatic rings. The van der Waals surface area contributed by atoms with Gasteiger partial charge in [0.1, 0.15) is 17.7 Å². The summed E-state index contributed by atoms with van der Waals surface area (Å²) in [7, 11) is 0. The average molecular weight is 476 g/mol.